The zero-order valence-corrected chi connectivity index (χ0v) is 14.1. The summed E-state index contributed by atoms with van der Waals surface area (Å²) in [6.45, 7) is 14.9. The third-order valence-corrected chi connectivity index (χ3v) is 3.51. The molecule has 124 valence electrons. The van der Waals surface area contributed by atoms with Gasteiger partial charge in [0.15, 0.2) is 0 Å². The van der Waals surface area contributed by atoms with Crippen LogP contribution in [-0.4, -0.2) is 74.4 Å². The van der Waals surface area contributed by atoms with Gasteiger partial charge in [-0.15, -0.1) is 0 Å². The molecule has 0 aromatic rings. The van der Waals surface area contributed by atoms with E-state index in [0.717, 1.165) is 45.8 Å². The fourth-order valence-corrected chi connectivity index (χ4v) is 2.80. The molecule has 0 radical (unpaired) electrons. The second-order valence-electron chi connectivity index (χ2n) is 6.19. The summed E-state index contributed by atoms with van der Waals surface area (Å²) in [4.78, 5) is 16.3. The maximum atomic E-state index is 11.7. The summed E-state index contributed by atoms with van der Waals surface area (Å²) in [5.41, 5.74) is 0. The van der Waals surface area contributed by atoms with E-state index < -0.39 is 0 Å². The van der Waals surface area contributed by atoms with Crippen LogP contribution in [0.5, 0.6) is 0 Å². The highest BCUT2D eigenvalue weighted by molar-refractivity contribution is 5.71. The van der Waals surface area contributed by atoms with E-state index in [1.807, 2.05) is 6.92 Å². The molecule has 0 amide bonds. The second-order valence-corrected chi connectivity index (χ2v) is 6.19. The number of hydrogen-bond donors (Lipinski definition) is 0. The lowest BCUT2D eigenvalue weighted by Crippen LogP contribution is -2.49. The molecule has 1 aliphatic rings. The van der Waals surface area contributed by atoms with Gasteiger partial charge in [0, 0.05) is 26.2 Å². The number of nitrogens with zero attached hydrogens (tertiary/aromatic N) is 2. The van der Waals surface area contributed by atoms with E-state index in [9.17, 15) is 4.79 Å². The summed E-state index contributed by atoms with van der Waals surface area (Å²) in [5, 5.41) is 0. The van der Waals surface area contributed by atoms with Crippen molar-refractivity contribution in [2.45, 2.75) is 40.2 Å². The topological polar surface area (TPSA) is 42.0 Å². The van der Waals surface area contributed by atoms with Crippen molar-refractivity contribution in [1.82, 2.24) is 9.80 Å². The number of carbonyl (C=O) groups is 1. The van der Waals surface area contributed by atoms with E-state index in [2.05, 4.69) is 30.6 Å². The molecule has 1 aliphatic heterocycles. The Morgan fingerprint density at radius 1 is 1.43 bits per heavy atom. The minimum absolute atomic E-state index is 0.138. The molecule has 5 heteroatoms. The highest BCUT2D eigenvalue weighted by Gasteiger charge is 2.24. The van der Waals surface area contributed by atoms with Gasteiger partial charge in [-0.3, -0.25) is 14.6 Å². The normalized spacial score (nSPS) is 20.2. The third-order valence-electron chi connectivity index (χ3n) is 3.51. The molecule has 0 aromatic heterocycles. The Hall–Kier alpha value is -0.650. The fourth-order valence-electron chi connectivity index (χ4n) is 2.80. The van der Waals surface area contributed by atoms with Gasteiger partial charge in [-0.25, -0.2) is 0 Å². The number of carbonyl (C=O) groups excluding carboxylic acids is 1. The van der Waals surface area contributed by atoms with Crippen molar-refractivity contribution in [3.8, 4) is 0 Å². The van der Waals surface area contributed by atoms with Crippen LogP contribution in [0.1, 0.15) is 34.1 Å². The van der Waals surface area contributed by atoms with E-state index in [1.54, 1.807) is 0 Å². The summed E-state index contributed by atoms with van der Waals surface area (Å²) < 4.78 is 10.9. The van der Waals surface area contributed by atoms with E-state index >= 15 is 0 Å². The Labute approximate surface area is 129 Å². The number of ether oxygens (including phenoxy) is 2. The first-order chi connectivity index (χ1) is 10.0. The zero-order valence-electron chi connectivity index (χ0n) is 14.1. The van der Waals surface area contributed by atoms with E-state index in [-0.39, 0.29) is 12.1 Å². The number of morpholine rings is 1. The van der Waals surface area contributed by atoms with Crippen molar-refractivity contribution in [2.24, 2.45) is 5.92 Å². The van der Waals surface area contributed by atoms with Crippen LogP contribution in [0.2, 0.25) is 0 Å². The Kier molecular flexibility index (Phi) is 8.88. The predicted octanol–water partition coefficient (Wildman–Crippen LogP) is 1.62. The molecule has 0 saturated carbocycles. The van der Waals surface area contributed by atoms with Gasteiger partial charge in [0.2, 0.25) is 0 Å². The molecule has 0 bridgehead atoms. The number of hydrogen-bond acceptors (Lipinski definition) is 5. The van der Waals surface area contributed by atoms with Gasteiger partial charge >= 0.3 is 5.97 Å². The van der Waals surface area contributed by atoms with E-state index in [1.165, 1.54) is 0 Å². The van der Waals surface area contributed by atoms with Gasteiger partial charge in [-0.05, 0) is 25.8 Å². The molecule has 1 fully saturated rings. The summed E-state index contributed by atoms with van der Waals surface area (Å²) in [7, 11) is 0. The molecule has 0 aliphatic carbocycles. The van der Waals surface area contributed by atoms with Crippen LogP contribution < -0.4 is 0 Å². The van der Waals surface area contributed by atoms with Gasteiger partial charge in [-0.1, -0.05) is 20.8 Å². The molecular formula is C16H32N2O3. The summed E-state index contributed by atoms with van der Waals surface area (Å²) in [6.07, 6.45) is 1.22. The van der Waals surface area contributed by atoms with Gasteiger partial charge in [0.05, 0.1) is 25.9 Å². The molecular weight excluding hydrogens is 268 g/mol. The van der Waals surface area contributed by atoms with Crippen LogP contribution in [0.4, 0.5) is 0 Å². The summed E-state index contributed by atoms with van der Waals surface area (Å²) in [6, 6.07) is 0. The average Bonchev–Trinajstić information content (AvgIpc) is 2.38. The molecule has 0 spiro atoms. The van der Waals surface area contributed by atoms with Crippen LogP contribution in [-0.2, 0) is 14.3 Å². The molecule has 1 saturated heterocycles. The molecule has 1 rings (SSSR count). The van der Waals surface area contributed by atoms with Crippen LogP contribution in [0.15, 0.2) is 0 Å². The van der Waals surface area contributed by atoms with Crippen molar-refractivity contribution in [1.29, 1.82) is 0 Å². The van der Waals surface area contributed by atoms with Crippen molar-refractivity contribution >= 4 is 5.97 Å². The van der Waals surface area contributed by atoms with Crippen molar-refractivity contribution < 1.29 is 14.3 Å². The lowest BCUT2D eigenvalue weighted by molar-refractivity contribution is -0.145. The van der Waals surface area contributed by atoms with Crippen molar-refractivity contribution in [2.75, 3.05) is 52.5 Å². The molecule has 21 heavy (non-hydrogen) atoms. The minimum Gasteiger partial charge on any atom is -0.465 e. The largest absolute Gasteiger partial charge is 0.465 e. The van der Waals surface area contributed by atoms with Crippen LogP contribution in [0, 0.1) is 5.92 Å². The molecule has 0 N–H and O–H groups in total. The highest BCUT2D eigenvalue weighted by Crippen LogP contribution is 2.10. The van der Waals surface area contributed by atoms with Crippen LogP contribution in [0.25, 0.3) is 0 Å². The van der Waals surface area contributed by atoms with Crippen molar-refractivity contribution in [3.63, 3.8) is 0 Å². The van der Waals surface area contributed by atoms with Gasteiger partial charge in [-0.2, -0.15) is 0 Å². The first kappa shape index (κ1) is 18.4. The Balaban J connectivity index is 2.43. The fraction of sp³-hybridized carbons (Fsp3) is 0.938. The quantitative estimate of drug-likeness (QED) is 0.605. The number of esters is 1. The lowest BCUT2D eigenvalue weighted by Gasteiger charge is -2.36. The van der Waals surface area contributed by atoms with E-state index in [0.29, 0.717) is 19.1 Å². The third kappa shape index (κ3) is 7.79. The SMILES string of the molecule is CCCN(CC(=O)OCC)CC1CN(CC(C)C)CCO1. The van der Waals surface area contributed by atoms with E-state index in [4.69, 9.17) is 9.47 Å². The first-order valence-corrected chi connectivity index (χ1v) is 8.27. The first-order valence-electron chi connectivity index (χ1n) is 8.27. The van der Waals surface area contributed by atoms with Gasteiger partial charge in [0.1, 0.15) is 0 Å². The standard InChI is InChI=1S/C16H32N2O3/c1-5-7-17(13-16(19)20-6-2)11-15-12-18(8-9-21-15)10-14(3)4/h14-15H,5-13H2,1-4H3. The second kappa shape index (κ2) is 10.1. The highest BCUT2D eigenvalue weighted by atomic mass is 16.5. The molecule has 0 aromatic carbocycles. The van der Waals surface area contributed by atoms with Crippen LogP contribution in [0.3, 0.4) is 0 Å². The molecule has 1 heterocycles. The summed E-state index contributed by atoms with van der Waals surface area (Å²) in [5.74, 6) is 0.538. The maximum absolute atomic E-state index is 11.7. The molecule has 1 unspecified atom stereocenters. The van der Waals surface area contributed by atoms with Crippen molar-refractivity contribution in [3.05, 3.63) is 0 Å². The maximum Gasteiger partial charge on any atom is 0.320 e. The van der Waals surface area contributed by atoms with Crippen LogP contribution >= 0.6 is 0 Å². The summed E-state index contributed by atoms with van der Waals surface area (Å²) >= 11 is 0. The minimum atomic E-state index is -0.138. The average molecular weight is 300 g/mol. The smallest absolute Gasteiger partial charge is 0.320 e. The predicted molar refractivity (Wildman–Crippen MR) is 84.4 cm³/mol. The molecule has 5 nitrogen and oxygen atoms in total. The van der Waals surface area contributed by atoms with Gasteiger partial charge in [0.25, 0.3) is 0 Å². The Morgan fingerprint density at radius 3 is 2.81 bits per heavy atom. The number of rotatable bonds is 9. The molecule has 1 atom stereocenters. The zero-order chi connectivity index (χ0) is 15.7. The lowest BCUT2D eigenvalue weighted by atomic mass is 10.1. The monoisotopic (exact) mass is 300 g/mol. The Bertz CT molecular complexity index is 297. The van der Waals surface area contributed by atoms with Gasteiger partial charge < -0.3 is 9.47 Å². The Morgan fingerprint density at radius 2 is 2.19 bits per heavy atom.